The normalized spacial score (nSPS) is 11.7. The number of aromatic nitrogens is 2. The van der Waals surface area contributed by atoms with Gasteiger partial charge in [0, 0.05) is 6.54 Å². The van der Waals surface area contributed by atoms with Gasteiger partial charge in [-0.25, -0.2) is 0 Å². The number of benzene rings is 1. The third-order valence-electron chi connectivity index (χ3n) is 3.30. The summed E-state index contributed by atoms with van der Waals surface area (Å²) >= 11 is 5.46. The lowest BCUT2D eigenvalue weighted by Crippen LogP contribution is -2.06. The van der Waals surface area contributed by atoms with E-state index in [0.717, 1.165) is 40.4 Å². The van der Waals surface area contributed by atoms with Crippen molar-refractivity contribution in [2.75, 3.05) is 0 Å². The second kappa shape index (κ2) is 6.44. The van der Waals surface area contributed by atoms with Gasteiger partial charge in [-0.15, -0.1) is 0 Å². The highest BCUT2D eigenvalue weighted by Gasteiger charge is 2.10. The van der Waals surface area contributed by atoms with Gasteiger partial charge in [0.25, 0.3) is 0 Å². The van der Waals surface area contributed by atoms with E-state index in [4.69, 9.17) is 17.0 Å². The maximum Gasteiger partial charge on any atom is 0.178 e. The number of imidazole rings is 1. The van der Waals surface area contributed by atoms with Crippen LogP contribution in [0.5, 0.6) is 5.75 Å². The van der Waals surface area contributed by atoms with Crippen molar-refractivity contribution in [3.63, 3.8) is 0 Å². The Morgan fingerprint density at radius 2 is 2.00 bits per heavy atom. The molecule has 0 aliphatic carbocycles. The fourth-order valence-electron chi connectivity index (χ4n) is 2.39. The van der Waals surface area contributed by atoms with Gasteiger partial charge in [0.2, 0.25) is 0 Å². The first kappa shape index (κ1) is 15.1. The topological polar surface area (TPSA) is 29.9 Å². The van der Waals surface area contributed by atoms with Crippen LogP contribution >= 0.6 is 12.2 Å². The van der Waals surface area contributed by atoms with Crippen molar-refractivity contribution in [3.05, 3.63) is 23.0 Å². The summed E-state index contributed by atoms with van der Waals surface area (Å²) in [6.07, 6.45) is 2.53. The Morgan fingerprint density at radius 3 is 2.65 bits per heavy atom. The first-order valence-electron chi connectivity index (χ1n) is 7.37. The number of ether oxygens (including phenoxy) is 1. The average molecular weight is 292 g/mol. The van der Waals surface area contributed by atoms with E-state index in [1.54, 1.807) is 0 Å². The highest BCUT2D eigenvalue weighted by Crippen LogP contribution is 2.26. The van der Waals surface area contributed by atoms with Crippen molar-refractivity contribution in [2.24, 2.45) is 5.92 Å². The summed E-state index contributed by atoms with van der Waals surface area (Å²) in [6.45, 7) is 9.54. The molecule has 0 spiro atoms. The van der Waals surface area contributed by atoms with Crippen LogP contribution in [-0.4, -0.2) is 15.7 Å². The molecule has 4 heteroatoms. The third kappa shape index (κ3) is 3.42. The molecule has 0 radical (unpaired) electrons. The van der Waals surface area contributed by atoms with Crippen molar-refractivity contribution >= 4 is 23.3 Å². The highest BCUT2D eigenvalue weighted by molar-refractivity contribution is 7.71. The Kier molecular flexibility index (Phi) is 4.86. The van der Waals surface area contributed by atoms with Crippen molar-refractivity contribution in [1.82, 2.24) is 9.55 Å². The van der Waals surface area contributed by atoms with Gasteiger partial charge in [-0.05, 0) is 57.0 Å². The largest absolute Gasteiger partial charge is 0.489 e. The molecule has 0 saturated heterocycles. The van der Waals surface area contributed by atoms with Gasteiger partial charge in [0.15, 0.2) is 4.77 Å². The van der Waals surface area contributed by atoms with Gasteiger partial charge in [-0.3, -0.25) is 0 Å². The minimum Gasteiger partial charge on any atom is -0.489 e. The third-order valence-corrected chi connectivity index (χ3v) is 3.62. The number of nitrogens with zero attached hydrogens (tertiary/aromatic N) is 1. The van der Waals surface area contributed by atoms with Crippen LogP contribution < -0.4 is 4.74 Å². The van der Waals surface area contributed by atoms with E-state index in [0.29, 0.717) is 0 Å². The minimum atomic E-state index is 0.159. The van der Waals surface area contributed by atoms with Crippen LogP contribution in [0.3, 0.4) is 0 Å². The van der Waals surface area contributed by atoms with Gasteiger partial charge in [0.1, 0.15) is 11.3 Å². The summed E-state index contributed by atoms with van der Waals surface area (Å²) < 4.78 is 8.81. The van der Waals surface area contributed by atoms with E-state index in [1.807, 2.05) is 26.0 Å². The molecule has 20 heavy (non-hydrogen) atoms. The lowest BCUT2D eigenvalue weighted by molar-refractivity contribution is 0.245. The summed E-state index contributed by atoms with van der Waals surface area (Å²) in [6, 6.07) is 6.12. The number of hydrogen-bond acceptors (Lipinski definition) is 2. The molecular formula is C16H24N2OS. The molecule has 0 amide bonds. The summed E-state index contributed by atoms with van der Waals surface area (Å²) in [5, 5.41) is 0. The molecule has 0 atom stereocenters. The first-order chi connectivity index (χ1) is 9.49. The number of aryl methyl sites for hydroxylation is 1. The number of nitrogens with one attached hydrogen (secondary N) is 1. The number of hydrogen-bond donors (Lipinski definition) is 1. The molecule has 0 bridgehead atoms. The van der Waals surface area contributed by atoms with Gasteiger partial charge in [-0.2, -0.15) is 0 Å². The summed E-state index contributed by atoms with van der Waals surface area (Å²) in [7, 11) is 0. The molecule has 0 aliphatic rings. The molecule has 1 heterocycles. The molecule has 1 aromatic heterocycles. The Balaban J connectivity index is 2.32. The number of rotatable bonds is 6. The standard InChI is InChI=1S/C16H24N2OS/c1-11(2)7-6-10-18-13-8-5-9-14(19-12(3)4)15(13)17-16(18)20/h5,8-9,11-12H,6-7,10H2,1-4H3,(H,17,20). The average Bonchev–Trinajstić information content (AvgIpc) is 2.66. The zero-order valence-corrected chi connectivity index (χ0v) is 13.6. The zero-order chi connectivity index (χ0) is 14.7. The van der Waals surface area contributed by atoms with E-state index >= 15 is 0 Å². The number of aromatic amines is 1. The fraction of sp³-hybridized carbons (Fsp3) is 0.562. The van der Waals surface area contributed by atoms with Gasteiger partial charge in [-0.1, -0.05) is 19.9 Å². The minimum absolute atomic E-state index is 0.159. The number of para-hydroxylation sites is 1. The quantitative estimate of drug-likeness (QED) is 0.766. The monoisotopic (exact) mass is 292 g/mol. The van der Waals surface area contributed by atoms with Crippen molar-refractivity contribution in [2.45, 2.75) is 53.2 Å². The number of fused-ring (bicyclic) bond motifs is 1. The van der Waals surface area contributed by atoms with Gasteiger partial charge in [0.05, 0.1) is 11.6 Å². The summed E-state index contributed by atoms with van der Waals surface area (Å²) in [5.74, 6) is 1.61. The second-order valence-corrected chi connectivity index (χ2v) is 6.32. The Morgan fingerprint density at radius 1 is 1.25 bits per heavy atom. The van der Waals surface area contributed by atoms with Crippen LogP contribution in [0.25, 0.3) is 11.0 Å². The summed E-state index contributed by atoms with van der Waals surface area (Å²) in [5.41, 5.74) is 2.15. The maximum atomic E-state index is 5.85. The molecule has 1 N–H and O–H groups in total. The molecule has 0 fully saturated rings. The molecule has 2 aromatic rings. The molecule has 0 aliphatic heterocycles. The molecule has 2 rings (SSSR count). The molecule has 0 unspecified atom stereocenters. The SMILES string of the molecule is CC(C)CCCn1c(=S)[nH]c2c(OC(C)C)cccc21. The summed E-state index contributed by atoms with van der Waals surface area (Å²) in [4.78, 5) is 3.29. The van der Waals surface area contributed by atoms with Crippen LogP contribution in [0.4, 0.5) is 0 Å². The zero-order valence-electron chi connectivity index (χ0n) is 12.8. The molecule has 3 nitrogen and oxygen atoms in total. The molecule has 110 valence electrons. The second-order valence-electron chi connectivity index (χ2n) is 5.93. The Hall–Kier alpha value is -1.29. The van der Waals surface area contributed by atoms with Crippen molar-refractivity contribution < 1.29 is 4.74 Å². The maximum absolute atomic E-state index is 5.85. The molecular weight excluding hydrogens is 268 g/mol. The Bertz CT molecular complexity index is 625. The lowest BCUT2D eigenvalue weighted by Gasteiger charge is -2.11. The smallest absolute Gasteiger partial charge is 0.178 e. The van der Waals surface area contributed by atoms with E-state index in [-0.39, 0.29) is 6.10 Å². The van der Waals surface area contributed by atoms with Crippen LogP contribution in [0.15, 0.2) is 18.2 Å². The van der Waals surface area contributed by atoms with Gasteiger partial charge >= 0.3 is 0 Å². The van der Waals surface area contributed by atoms with E-state index < -0.39 is 0 Å². The van der Waals surface area contributed by atoms with Gasteiger partial charge < -0.3 is 14.3 Å². The first-order valence-corrected chi connectivity index (χ1v) is 7.78. The van der Waals surface area contributed by atoms with Crippen LogP contribution in [0, 0.1) is 10.7 Å². The molecule has 1 aromatic carbocycles. The number of H-pyrrole nitrogens is 1. The van der Waals surface area contributed by atoms with Crippen LogP contribution in [0.1, 0.15) is 40.5 Å². The predicted molar refractivity (Wildman–Crippen MR) is 87.0 cm³/mol. The predicted octanol–water partition coefficient (Wildman–Crippen LogP) is 4.92. The van der Waals surface area contributed by atoms with Crippen LogP contribution in [0.2, 0.25) is 0 Å². The van der Waals surface area contributed by atoms with E-state index in [9.17, 15) is 0 Å². The van der Waals surface area contributed by atoms with Crippen LogP contribution in [-0.2, 0) is 6.54 Å². The van der Waals surface area contributed by atoms with Crippen molar-refractivity contribution in [1.29, 1.82) is 0 Å². The van der Waals surface area contributed by atoms with Crippen molar-refractivity contribution in [3.8, 4) is 5.75 Å². The fourth-order valence-corrected chi connectivity index (χ4v) is 2.68. The molecule has 0 saturated carbocycles. The van der Waals surface area contributed by atoms with E-state index in [2.05, 4.69) is 29.5 Å². The lowest BCUT2D eigenvalue weighted by atomic mass is 10.1. The Labute approximate surface area is 126 Å². The van der Waals surface area contributed by atoms with E-state index in [1.165, 1.54) is 6.42 Å². The highest BCUT2D eigenvalue weighted by atomic mass is 32.1.